The molecule has 5 rings (SSSR count). The van der Waals surface area contributed by atoms with Crippen LogP contribution in [0.1, 0.15) is 61.2 Å². The number of carbonyl (C=O) groups is 1. The molecule has 1 saturated carbocycles. The molecule has 2 N–H and O–H groups in total. The lowest BCUT2D eigenvalue weighted by Gasteiger charge is -2.18. The lowest BCUT2D eigenvalue weighted by molar-refractivity contribution is 0.0976. The van der Waals surface area contributed by atoms with E-state index in [1.165, 1.54) is 25.0 Å². The third-order valence-corrected chi connectivity index (χ3v) is 8.73. The van der Waals surface area contributed by atoms with Crippen LogP contribution in [0, 0.1) is 17.6 Å². The average molecular weight is 616 g/mol. The smallest absolute Gasteiger partial charge is 0.268 e. The van der Waals surface area contributed by atoms with E-state index in [1.807, 2.05) is 0 Å². The largest absolute Gasteiger partial charge is 0.492 e. The maximum Gasteiger partial charge on any atom is 0.268 e. The number of pyridine rings is 2. The van der Waals surface area contributed by atoms with Crippen LogP contribution in [0.4, 0.5) is 14.6 Å². The number of rotatable bonds is 14. The summed E-state index contributed by atoms with van der Waals surface area (Å²) in [7, 11) is -4.40. The third-order valence-electron chi connectivity index (χ3n) is 7.41. The topological polar surface area (TPSA) is 123 Å². The van der Waals surface area contributed by atoms with Crippen molar-refractivity contribution in [2.45, 2.75) is 50.0 Å². The second kappa shape index (κ2) is 13.6. The van der Waals surface area contributed by atoms with E-state index in [2.05, 4.69) is 20.2 Å². The average Bonchev–Trinajstić information content (AvgIpc) is 3.69. The normalized spacial score (nSPS) is 16.1. The molecule has 43 heavy (non-hydrogen) atoms. The molecule has 0 unspecified atom stereocenters. The molecule has 1 saturated heterocycles. The summed E-state index contributed by atoms with van der Waals surface area (Å²) in [5, 5.41) is 3.13. The van der Waals surface area contributed by atoms with Crippen molar-refractivity contribution in [1.29, 1.82) is 0 Å². The minimum Gasteiger partial charge on any atom is -0.492 e. The number of likely N-dealkylation sites (tertiary alicyclic amines) is 1. The Bertz CT molecular complexity index is 1510. The summed E-state index contributed by atoms with van der Waals surface area (Å²) in [6.07, 6.45) is 7.06. The van der Waals surface area contributed by atoms with Gasteiger partial charge in [0, 0.05) is 19.3 Å². The number of anilines is 1. The Morgan fingerprint density at radius 2 is 1.84 bits per heavy atom. The Morgan fingerprint density at radius 3 is 2.49 bits per heavy atom. The van der Waals surface area contributed by atoms with E-state index in [0.717, 1.165) is 50.8 Å². The van der Waals surface area contributed by atoms with E-state index >= 15 is 0 Å². The molecule has 2 aromatic heterocycles. The molecule has 1 amide bonds. The lowest BCUT2D eigenvalue weighted by atomic mass is 10.1. The number of sulfonamides is 1. The Balaban J connectivity index is 1.19. The lowest BCUT2D eigenvalue weighted by Crippen LogP contribution is -2.31. The monoisotopic (exact) mass is 615 g/mol. The summed E-state index contributed by atoms with van der Waals surface area (Å²) in [6, 6.07) is 8.25. The molecule has 13 heteroatoms. The van der Waals surface area contributed by atoms with Crippen LogP contribution in [-0.2, 0) is 10.0 Å². The highest BCUT2D eigenvalue weighted by Gasteiger charge is 2.26. The Labute approximate surface area is 249 Å². The van der Waals surface area contributed by atoms with Crippen LogP contribution in [0.15, 0.2) is 53.7 Å². The van der Waals surface area contributed by atoms with Crippen molar-refractivity contribution in [3.05, 3.63) is 71.7 Å². The zero-order valence-corrected chi connectivity index (χ0v) is 24.7. The second-order valence-corrected chi connectivity index (χ2v) is 12.4. The second-order valence-electron chi connectivity index (χ2n) is 10.7. The molecule has 2 aliphatic rings. The van der Waals surface area contributed by atoms with Gasteiger partial charge in [0.25, 0.3) is 15.9 Å². The first-order valence-electron chi connectivity index (χ1n) is 14.5. The van der Waals surface area contributed by atoms with Gasteiger partial charge in [-0.2, -0.15) is 4.39 Å². The number of benzene rings is 1. The van der Waals surface area contributed by atoms with Gasteiger partial charge in [0.05, 0.1) is 24.1 Å². The number of amides is 1. The maximum absolute atomic E-state index is 15.0. The first-order valence-corrected chi connectivity index (χ1v) is 15.9. The summed E-state index contributed by atoms with van der Waals surface area (Å²) < 4.78 is 68.7. The van der Waals surface area contributed by atoms with Crippen LogP contribution < -0.4 is 19.5 Å². The molecule has 1 aliphatic carbocycles. The number of nitrogens with one attached hydrogen (secondary N) is 2. The van der Waals surface area contributed by atoms with Gasteiger partial charge in [0.2, 0.25) is 5.82 Å². The van der Waals surface area contributed by atoms with Gasteiger partial charge in [0.1, 0.15) is 22.6 Å². The summed E-state index contributed by atoms with van der Waals surface area (Å²) in [4.78, 5) is 23.1. The molecular weight excluding hydrogens is 580 g/mol. The number of nitrogens with zero attached hydrogens (tertiary/aromatic N) is 3. The van der Waals surface area contributed by atoms with Gasteiger partial charge in [-0.15, -0.1) is 0 Å². The molecule has 230 valence electrons. The van der Waals surface area contributed by atoms with Crippen molar-refractivity contribution in [3.8, 4) is 11.5 Å². The highest BCUT2D eigenvalue weighted by Crippen LogP contribution is 2.31. The number of aromatic nitrogens is 2. The van der Waals surface area contributed by atoms with Crippen LogP contribution in [0.5, 0.6) is 11.5 Å². The SMILES string of the molecule is CC[C@@H](Oc1ccc(C(=O)NS(=O)(=O)c2ccc(NCCN3CCCC3)nc2)c(F)c1F)c1ccc(OCC2CC2)cn1. The molecule has 10 nitrogen and oxygen atoms in total. The van der Waals surface area contributed by atoms with Gasteiger partial charge in [0.15, 0.2) is 11.6 Å². The predicted molar refractivity (Wildman–Crippen MR) is 156 cm³/mol. The van der Waals surface area contributed by atoms with Gasteiger partial charge in [-0.1, -0.05) is 6.92 Å². The first kappa shape index (κ1) is 30.6. The molecule has 0 radical (unpaired) electrons. The quantitative estimate of drug-likeness (QED) is 0.266. The standard InChI is InChI=1S/C30H35F2N5O5S/c1-2-25(24-10-7-21(17-34-24)41-19-20-5-6-20)42-26-11-9-23(28(31)29(26)32)30(38)36-43(39,40)22-8-12-27(35-18-22)33-13-16-37-14-3-4-15-37/h7-12,17-18,20,25H,2-6,13-16,19H2,1H3,(H,33,35)(H,36,38)/t25-/m1/s1. The van der Waals surface area contributed by atoms with Crippen LogP contribution in [-0.4, -0.2) is 62.0 Å². The molecule has 0 spiro atoms. The molecule has 1 atom stereocenters. The van der Waals surface area contributed by atoms with Crippen molar-refractivity contribution >= 4 is 21.7 Å². The fourth-order valence-corrected chi connectivity index (χ4v) is 5.61. The van der Waals surface area contributed by atoms with E-state index in [4.69, 9.17) is 9.47 Å². The summed E-state index contributed by atoms with van der Waals surface area (Å²) in [5.41, 5.74) is -0.291. The van der Waals surface area contributed by atoms with E-state index in [-0.39, 0.29) is 4.90 Å². The third kappa shape index (κ3) is 7.96. The van der Waals surface area contributed by atoms with Crippen molar-refractivity contribution in [2.24, 2.45) is 5.92 Å². The number of hydrogen-bond acceptors (Lipinski definition) is 9. The zero-order valence-electron chi connectivity index (χ0n) is 23.9. The molecular formula is C30H35F2N5O5S. The van der Waals surface area contributed by atoms with Crippen LogP contribution in [0.3, 0.4) is 0 Å². The van der Waals surface area contributed by atoms with Gasteiger partial charge in [-0.25, -0.2) is 22.5 Å². The fraction of sp³-hybridized carbons (Fsp3) is 0.433. The Kier molecular flexibility index (Phi) is 9.71. The number of ether oxygens (including phenoxy) is 2. The molecule has 1 aromatic carbocycles. The Morgan fingerprint density at radius 1 is 1.05 bits per heavy atom. The van der Waals surface area contributed by atoms with E-state index in [0.29, 0.717) is 42.8 Å². The van der Waals surface area contributed by atoms with Crippen LogP contribution in [0.2, 0.25) is 0 Å². The minimum atomic E-state index is -4.40. The van der Waals surface area contributed by atoms with Crippen LogP contribution in [0.25, 0.3) is 0 Å². The predicted octanol–water partition coefficient (Wildman–Crippen LogP) is 4.70. The molecule has 1 aliphatic heterocycles. The first-order chi connectivity index (χ1) is 20.7. The van der Waals surface area contributed by atoms with Crippen molar-refractivity contribution in [2.75, 3.05) is 38.1 Å². The summed E-state index contributed by atoms with van der Waals surface area (Å²) in [6.45, 7) is 6.07. The van der Waals surface area contributed by atoms with Crippen LogP contribution >= 0.6 is 0 Å². The summed E-state index contributed by atoms with van der Waals surface area (Å²) in [5.74, 6) is -3.03. The van der Waals surface area contributed by atoms with Crippen molar-refractivity contribution < 1.29 is 31.5 Å². The Hall–Kier alpha value is -3.84. The van der Waals surface area contributed by atoms with Gasteiger partial charge in [-0.3, -0.25) is 9.78 Å². The van der Waals surface area contributed by atoms with E-state index < -0.39 is 45.0 Å². The molecule has 3 heterocycles. The van der Waals surface area contributed by atoms with Crippen molar-refractivity contribution in [1.82, 2.24) is 19.6 Å². The van der Waals surface area contributed by atoms with Crippen molar-refractivity contribution in [3.63, 3.8) is 0 Å². The van der Waals surface area contributed by atoms with Gasteiger partial charge >= 0.3 is 0 Å². The zero-order chi connectivity index (χ0) is 30.4. The number of hydrogen-bond donors (Lipinski definition) is 2. The van der Waals surface area contributed by atoms with E-state index in [9.17, 15) is 22.0 Å². The molecule has 3 aromatic rings. The number of carbonyl (C=O) groups excluding carboxylic acids is 1. The van der Waals surface area contributed by atoms with E-state index in [1.54, 1.807) is 30.0 Å². The minimum absolute atomic E-state index is 0.297. The fourth-order valence-electron chi connectivity index (χ4n) is 4.70. The molecule has 2 fully saturated rings. The highest BCUT2D eigenvalue weighted by molar-refractivity contribution is 7.90. The maximum atomic E-state index is 15.0. The van der Waals surface area contributed by atoms with Gasteiger partial charge < -0.3 is 19.7 Å². The highest BCUT2D eigenvalue weighted by atomic mass is 32.2. The summed E-state index contributed by atoms with van der Waals surface area (Å²) >= 11 is 0. The molecule has 0 bridgehead atoms. The number of halogens is 2. The van der Waals surface area contributed by atoms with Gasteiger partial charge in [-0.05, 0) is 87.5 Å².